The van der Waals surface area contributed by atoms with Crippen molar-refractivity contribution in [3.8, 4) is 0 Å². The molecule has 35 heavy (non-hydrogen) atoms. The summed E-state index contributed by atoms with van der Waals surface area (Å²) in [7, 11) is 0. The van der Waals surface area contributed by atoms with Crippen LogP contribution in [0.25, 0.3) is 0 Å². The third-order valence-electron chi connectivity index (χ3n) is 9.49. The zero-order valence-corrected chi connectivity index (χ0v) is 21.5. The molecule has 1 amide bonds. The molecule has 1 unspecified atom stereocenters. The molecule has 0 radical (unpaired) electrons. The molecule has 1 aromatic heterocycles. The molecule has 3 heterocycles. The molecule has 4 atom stereocenters. The van der Waals surface area contributed by atoms with Gasteiger partial charge in [0.15, 0.2) is 0 Å². The molecule has 2 saturated heterocycles. The van der Waals surface area contributed by atoms with Gasteiger partial charge in [-0.2, -0.15) is 0 Å². The molecule has 6 rings (SSSR count). The number of piperidine rings is 1. The van der Waals surface area contributed by atoms with Crippen molar-refractivity contribution < 1.29 is 9.18 Å². The zero-order chi connectivity index (χ0) is 23.8. The standard InChI is InChI=1S/C29H38FN3OS/c30-17-26-32-24-12-7-14-29(27(24)35-26)19-31-18-23(29)28(34)33-15-13-22(20-8-3-1-4-9-20)16-25(33)21-10-5-2-6-11-21/h1,3-4,8-9,21-23,25,31H,2,5-7,10-19H2/t22-,23?,25+,29-/m1/s1. The maximum atomic E-state index is 14.5. The van der Waals surface area contributed by atoms with E-state index in [1.807, 2.05) is 0 Å². The maximum absolute atomic E-state index is 14.5. The average molecular weight is 496 g/mol. The first kappa shape index (κ1) is 23.6. The molecular weight excluding hydrogens is 457 g/mol. The highest BCUT2D eigenvalue weighted by atomic mass is 32.1. The minimum absolute atomic E-state index is 0.0613. The fourth-order valence-electron chi connectivity index (χ4n) is 7.75. The number of likely N-dealkylation sites (tertiary alicyclic amines) is 1. The van der Waals surface area contributed by atoms with Gasteiger partial charge in [-0.1, -0.05) is 49.6 Å². The first-order chi connectivity index (χ1) is 17.2. The van der Waals surface area contributed by atoms with Crippen molar-refractivity contribution in [1.29, 1.82) is 0 Å². The number of fused-ring (bicyclic) bond motifs is 2. The van der Waals surface area contributed by atoms with Gasteiger partial charge in [-0.25, -0.2) is 9.37 Å². The molecule has 4 nitrogen and oxygen atoms in total. The number of nitrogens with one attached hydrogen (secondary N) is 1. The summed E-state index contributed by atoms with van der Waals surface area (Å²) < 4.78 is 13.5. The molecule has 4 aliphatic rings. The summed E-state index contributed by atoms with van der Waals surface area (Å²) in [6.07, 6.45) is 11.5. The van der Waals surface area contributed by atoms with Crippen molar-refractivity contribution in [3.05, 3.63) is 51.5 Å². The quantitative estimate of drug-likeness (QED) is 0.586. The van der Waals surface area contributed by atoms with Crippen LogP contribution in [-0.2, 0) is 23.3 Å². The van der Waals surface area contributed by atoms with Gasteiger partial charge in [-0.05, 0) is 62.3 Å². The topological polar surface area (TPSA) is 45.2 Å². The molecule has 2 aliphatic carbocycles. The Bertz CT molecular complexity index is 1040. The minimum atomic E-state index is -0.503. The van der Waals surface area contributed by atoms with Crippen molar-refractivity contribution in [1.82, 2.24) is 15.2 Å². The molecule has 0 bridgehead atoms. The number of aromatic nitrogens is 1. The lowest BCUT2D eigenvalue weighted by molar-refractivity contribution is -0.143. The predicted molar refractivity (Wildman–Crippen MR) is 138 cm³/mol. The number of hydrogen-bond acceptors (Lipinski definition) is 4. The highest BCUT2D eigenvalue weighted by Crippen LogP contribution is 2.49. The second-order valence-corrected chi connectivity index (χ2v) is 12.4. The van der Waals surface area contributed by atoms with Crippen LogP contribution in [0.5, 0.6) is 0 Å². The van der Waals surface area contributed by atoms with Crippen LogP contribution >= 0.6 is 11.3 Å². The fourth-order valence-corrected chi connectivity index (χ4v) is 8.98. The summed E-state index contributed by atoms with van der Waals surface area (Å²) in [5.41, 5.74) is 2.28. The first-order valence-electron chi connectivity index (χ1n) is 13.8. The molecule has 1 saturated carbocycles. The predicted octanol–water partition coefficient (Wildman–Crippen LogP) is 5.76. The Morgan fingerprint density at radius 3 is 2.77 bits per heavy atom. The highest BCUT2D eigenvalue weighted by Gasteiger charge is 2.53. The maximum Gasteiger partial charge on any atom is 0.228 e. The smallest absolute Gasteiger partial charge is 0.228 e. The lowest BCUT2D eigenvalue weighted by Gasteiger charge is -2.47. The normalized spacial score (nSPS) is 31.6. The SMILES string of the molecule is O=C(C1CNC[C@]12CCCc1nc(CF)sc12)N1CC[C@@H](c2ccccc2)C[C@H]1C1CCCCC1. The summed E-state index contributed by atoms with van der Waals surface area (Å²) in [4.78, 5) is 22.6. The molecular formula is C29H38FN3OS. The van der Waals surface area contributed by atoms with E-state index in [-0.39, 0.29) is 11.3 Å². The molecule has 1 spiro atoms. The van der Waals surface area contributed by atoms with E-state index in [0.717, 1.165) is 57.4 Å². The van der Waals surface area contributed by atoms with E-state index >= 15 is 0 Å². The van der Waals surface area contributed by atoms with Crippen LogP contribution in [0.4, 0.5) is 4.39 Å². The van der Waals surface area contributed by atoms with E-state index in [1.165, 1.54) is 53.9 Å². The Morgan fingerprint density at radius 1 is 1.14 bits per heavy atom. The van der Waals surface area contributed by atoms with E-state index in [4.69, 9.17) is 0 Å². The van der Waals surface area contributed by atoms with E-state index in [2.05, 4.69) is 45.5 Å². The Balaban J connectivity index is 1.30. The van der Waals surface area contributed by atoms with E-state index < -0.39 is 6.67 Å². The zero-order valence-electron chi connectivity index (χ0n) is 20.7. The highest BCUT2D eigenvalue weighted by molar-refractivity contribution is 7.12. The number of hydrogen-bond donors (Lipinski definition) is 1. The number of thiazole rings is 1. The van der Waals surface area contributed by atoms with Gasteiger partial charge in [-0.15, -0.1) is 11.3 Å². The third-order valence-corrected chi connectivity index (χ3v) is 10.8. The Hall–Kier alpha value is -1.79. The van der Waals surface area contributed by atoms with Crippen molar-refractivity contribution in [3.63, 3.8) is 0 Å². The Labute approximate surface area is 212 Å². The molecule has 3 fully saturated rings. The largest absolute Gasteiger partial charge is 0.339 e. The van der Waals surface area contributed by atoms with Crippen molar-refractivity contribution in [2.75, 3.05) is 19.6 Å². The second kappa shape index (κ2) is 9.93. The number of alkyl halides is 1. The summed E-state index contributed by atoms with van der Waals surface area (Å²) in [6, 6.07) is 11.3. The van der Waals surface area contributed by atoms with Gasteiger partial charge in [0, 0.05) is 36.0 Å². The van der Waals surface area contributed by atoms with E-state index in [9.17, 15) is 9.18 Å². The number of rotatable bonds is 4. The van der Waals surface area contributed by atoms with Gasteiger partial charge in [0.25, 0.3) is 0 Å². The number of halogens is 1. The number of carbonyl (C=O) groups excluding carboxylic acids is 1. The van der Waals surface area contributed by atoms with Gasteiger partial charge >= 0.3 is 0 Å². The van der Waals surface area contributed by atoms with Gasteiger partial charge in [0.2, 0.25) is 5.91 Å². The number of aryl methyl sites for hydroxylation is 1. The Morgan fingerprint density at radius 2 is 1.97 bits per heavy atom. The first-order valence-corrected chi connectivity index (χ1v) is 14.6. The third kappa shape index (κ3) is 4.25. The van der Waals surface area contributed by atoms with Gasteiger partial charge in [-0.3, -0.25) is 4.79 Å². The van der Waals surface area contributed by atoms with Crippen LogP contribution < -0.4 is 5.32 Å². The van der Waals surface area contributed by atoms with Crippen LogP contribution in [-0.4, -0.2) is 41.5 Å². The molecule has 6 heteroatoms. The summed E-state index contributed by atoms with van der Waals surface area (Å²) in [6.45, 7) is 1.91. The molecule has 1 N–H and O–H groups in total. The van der Waals surface area contributed by atoms with Gasteiger partial charge in [0.1, 0.15) is 11.7 Å². The monoisotopic (exact) mass is 495 g/mol. The number of amides is 1. The second-order valence-electron chi connectivity index (χ2n) is 11.3. The lowest BCUT2D eigenvalue weighted by atomic mass is 9.68. The van der Waals surface area contributed by atoms with Gasteiger partial charge in [0.05, 0.1) is 11.6 Å². The van der Waals surface area contributed by atoms with E-state index in [1.54, 1.807) is 0 Å². The van der Waals surface area contributed by atoms with Gasteiger partial charge < -0.3 is 10.2 Å². The Kier molecular flexibility index (Phi) is 6.70. The molecule has 1 aromatic carbocycles. The van der Waals surface area contributed by atoms with Crippen LogP contribution in [0.1, 0.15) is 84.8 Å². The number of benzene rings is 1. The van der Waals surface area contributed by atoms with Crippen molar-refractivity contribution in [2.45, 2.75) is 88.3 Å². The van der Waals surface area contributed by atoms with Crippen LogP contribution in [0, 0.1) is 11.8 Å². The van der Waals surface area contributed by atoms with E-state index in [0.29, 0.717) is 28.8 Å². The molecule has 188 valence electrons. The van der Waals surface area contributed by atoms with Crippen LogP contribution in [0.2, 0.25) is 0 Å². The van der Waals surface area contributed by atoms with Crippen LogP contribution in [0.15, 0.2) is 30.3 Å². The molecule has 2 aliphatic heterocycles. The lowest BCUT2D eigenvalue weighted by Crippen LogP contribution is -2.55. The van der Waals surface area contributed by atoms with Crippen LogP contribution in [0.3, 0.4) is 0 Å². The van der Waals surface area contributed by atoms with Crippen molar-refractivity contribution in [2.24, 2.45) is 11.8 Å². The summed E-state index contributed by atoms with van der Waals surface area (Å²) in [5.74, 6) is 1.44. The molecule has 2 aromatic rings. The number of nitrogens with zero attached hydrogens (tertiary/aromatic N) is 2. The minimum Gasteiger partial charge on any atom is -0.339 e. The number of carbonyl (C=O) groups is 1. The summed E-state index contributed by atoms with van der Waals surface area (Å²) >= 11 is 1.53. The average Bonchev–Trinajstić information content (AvgIpc) is 3.54. The summed E-state index contributed by atoms with van der Waals surface area (Å²) in [5, 5.41) is 4.17. The van der Waals surface area contributed by atoms with Crippen molar-refractivity contribution >= 4 is 17.2 Å². The fraction of sp³-hybridized carbons (Fsp3) is 0.655.